The molecule has 1 N–H and O–H groups in total. The molecule has 0 unspecified atom stereocenters. The number of pyridine rings is 1. The second-order valence-electron chi connectivity index (χ2n) is 6.16. The molecule has 0 saturated carbocycles. The van der Waals surface area contributed by atoms with Gasteiger partial charge in [-0.2, -0.15) is 13.2 Å². The standard InChI is InChI=1S/C18H12ClF3N4O4S/c19-10-5-9(18(20,21)22)6-23-15(10)24-14(27)8-31-17-26-25-16(30-17)13-7-28-11-3-1-2-4-12(11)29-13/h1-6,13H,7-8H2,(H,23,24,27)/t13-/m0/s1. The van der Waals surface area contributed by atoms with Crippen molar-refractivity contribution in [3.05, 3.63) is 53.0 Å². The Morgan fingerprint density at radius 1 is 1.26 bits per heavy atom. The van der Waals surface area contributed by atoms with Crippen molar-refractivity contribution in [3.63, 3.8) is 0 Å². The van der Waals surface area contributed by atoms with E-state index < -0.39 is 23.8 Å². The first kappa shape index (κ1) is 21.2. The number of amides is 1. The van der Waals surface area contributed by atoms with Gasteiger partial charge in [-0.1, -0.05) is 35.5 Å². The summed E-state index contributed by atoms with van der Waals surface area (Å²) in [6.45, 7) is 0.182. The molecule has 3 aromatic rings. The van der Waals surface area contributed by atoms with Crippen molar-refractivity contribution in [2.75, 3.05) is 17.7 Å². The molecule has 0 spiro atoms. The number of thioether (sulfide) groups is 1. The molecule has 13 heteroatoms. The van der Waals surface area contributed by atoms with Crippen LogP contribution in [0.2, 0.25) is 5.02 Å². The Kier molecular flexibility index (Phi) is 5.92. The van der Waals surface area contributed by atoms with Crippen molar-refractivity contribution < 1.29 is 31.9 Å². The number of aromatic nitrogens is 3. The van der Waals surface area contributed by atoms with E-state index in [2.05, 4.69) is 20.5 Å². The van der Waals surface area contributed by atoms with Gasteiger partial charge in [-0.05, 0) is 18.2 Å². The minimum absolute atomic E-state index is 0.110. The van der Waals surface area contributed by atoms with Crippen LogP contribution in [0.5, 0.6) is 11.5 Å². The minimum Gasteiger partial charge on any atom is -0.485 e. The lowest BCUT2D eigenvalue weighted by Gasteiger charge is -2.23. The summed E-state index contributed by atoms with van der Waals surface area (Å²) in [5.74, 6) is 0.435. The third-order valence-corrected chi connectivity index (χ3v) is 5.07. The molecule has 0 radical (unpaired) electrons. The van der Waals surface area contributed by atoms with Gasteiger partial charge in [0.25, 0.3) is 11.1 Å². The summed E-state index contributed by atoms with van der Waals surface area (Å²) in [7, 11) is 0. The number of alkyl halides is 3. The summed E-state index contributed by atoms with van der Waals surface area (Å²) in [6, 6.07) is 7.83. The number of nitrogens with zero attached hydrogens (tertiary/aromatic N) is 3. The molecule has 1 aliphatic rings. The highest BCUT2D eigenvalue weighted by Crippen LogP contribution is 2.36. The highest BCUT2D eigenvalue weighted by atomic mass is 35.5. The highest BCUT2D eigenvalue weighted by Gasteiger charge is 2.32. The monoisotopic (exact) mass is 472 g/mol. The summed E-state index contributed by atoms with van der Waals surface area (Å²) in [4.78, 5) is 15.6. The summed E-state index contributed by atoms with van der Waals surface area (Å²) in [5.41, 5.74) is -1.01. The number of hydrogen-bond acceptors (Lipinski definition) is 8. The molecule has 0 aliphatic carbocycles. The van der Waals surface area contributed by atoms with Gasteiger partial charge in [0.05, 0.1) is 16.3 Å². The number of nitrogens with one attached hydrogen (secondary N) is 1. The predicted octanol–water partition coefficient (Wildman–Crippen LogP) is 4.38. The van der Waals surface area contributed by atoms with Gasteiger partial charge in [0, 0.05) is 6.20 Å². The largest absolute Gasteiger partial charge is 0.485 e. The van der Waals surface area contributed by atoms with E-state index in [9.17, 15) is 18.0 Å². The van der Waals surface area contributed by atoms with Gasteiger partial charge in [0.1, 0.15) is 6.61 Å². The number of hydrogen-bond donors (Lipinski definition) is 1. The maximum Gasteiger partial charge on any atom is 0.417 e. The second-order valence-corrected chi connectivity index (χ2v) is 7.49. The summed E-state index contributed by atoms with van der Waals surface area (Å²) >= 11 is 6.70. The molecule has 31 heavy (non-hydrogen) atoms. The maximum atomic E-state index is 12.7. The normalized spacial score (nSPS) is 15.5. The van der Waals surface area contributed by atoms with Crippen LogP contribution in [0, 0.1) is 0 Å². The number of carbonyl (C=O) groups is 1. The van der Waals surface area contributed by atoms with Crippen LogP contribution in [0.3, 0.4) is 0 Å². The fraction of sp³-hybridized carbons (Fsp3) is 0.222. The van der Waals surface area contributed by atoms with Crippen molar-refractivity contribution >= 4 is 35.1 Å². The fourth-order valence-corrected chi connectivity index (χ4v) is 3.31. The molecule has 8 nitrogen and oxygen atoms in total. The van der Waals surface area contributed by atoms with Crippen molar-refractivity contribution in [2.45, 2.75) is 17.5 Å². The van der Waals surface area contributed by atoms with Gasteiger partial charge in [-0.15, -0.1) is 10.2 Å². The Bertz CT molecular complexity index is 1110. The molecular weight excluding hydrogens is 461 g/mol. The molecule has 2 aromatic heterocycles. The number of carbonyl (C=O) groups excluding carboxylic acids is 1. The van der Waals surface area contributed by atoms with Crippen LogP contribution in [0.1, 0.15) is 17.6 Å². The average molecular weight is 473 g/mol. The van der Waals surface area contributed by atoms with Crippen LogP contribution >= 0.6 is 23.4 Å². The number of ether oxygens (including phenoxy) is 2. The zero-order chi connectivity index (χ0) is 22.0. The van der Waals surface area contributed by atoms with Crippen molar-refractivity contribution in [1.82, 2.24) is 15.2 Å². The Morgan fingerprint density at radius 2 is 2.03 bits per heavy atom. The van der Waals surface area contributed by atoms with E-state index >= 15 is 0 Å². The van der Waals surface area contributed by atoms with E-state index in [0.29, 0.717) is 23.8 Å². The van der Waals surface area contributed by atoms with E-state index in [4.69, 9.17) is 25.5 Å². The van der Waals surface area contributed by atoms with Crippen molar-refractivity contribution in [2.24, 2.45) is 0 Å². The predicted molar refractivity (Wildman–Crippen MR) is 103 cm³/mol. The van der Waals surface area contributed by atoms with Crippen molar-refractivity contribution in [3.8, 4) is 11.5 Å². The average Bonchev–Trinajstić information content (AvgIpc) is 3.22. The Labute approximate surface area is 182 Å². The first-order chi connectivity index (χ1) is 14.8. The van der Waals surface area contributed by atoms with Gasteiger partial charge >= 0.3 is 6.18 Å². The third-order valence-electron chi connectivity index (χ3n) is 3.96. The van der Waals surface area contributed by atoms with Crippen LogP contribution in [-0.4, -0.2) is 33.4 Å². The molecule has 0 fully saturated rings. The van der Waals surface area contributed by atoms with Gasteiger partial charge in [0.15, 0.2) is 17.3 Å². The molecule has 1 amide bonds. The SMILES string of the molecule is O=C(CSc1nnc([C@@H]2COc3ccccc3O2)o1)Nc1ncc(C(F)(F)F)cc1Cl. The van der Waals surface area contributed by atoms with Crippen LogP contribution in [0.25, 0.3) is 0 Å². The molecule has 1 aliphatic heterocycles. The first-order valence-corrected chi connectivity index (χ1v) is 10.0. The molecule has 0 saturated heterocycles. The number of para-hydroxylation sites is 2. The topological polar surface area (TPSA) is 99.4 Å². The summed E-state index contributed by atoms with van der Waals surface area (Å²) in [6.07, 6.45) is -4.59. The van der Waals surface area contributed by atoms with Gasteiger partial charge < -0.3 is 19.2 Å². The number of benzene rings is 1. The first-order valence-electron chi connectivity index (χ1n) is 8.67. The van der Waals surface area contributed by atoms with Gasteiger partial charge in [-0.25, -0.2) is 4.98 Å². The van der Waals surface area contributed by atoms with Gasteiger partial charge in [-0.3, -0.25) is 4.79 Å². The van der Waals surface area contributed by atoms with Crippen LogP contribution in [0.4, 0.5) is 19.0 Å². The minimum atomic E-state index is -4.58. The lowest BCUT2D eigenvalue weighted by atomic mass is 10.2. The van der Waals surface area contributed by atoms with E-state index in [1.807, 2.05) is 6.07 Å². The summed E-state index contributed by atoms with van der Waals surface area (Å²) in [5, 5.41) is 9.87. The molecule has 0 bridgehead atoms. The molecule has 4 rings (SSSR count). The van der Waals surface area contributed by atoms with E-state index in [0.717, 1.165) is 11.8 Å². The number of rotatable bonds is 5. The fourth-order valence-electron chi connectivity index (χ4n) is 2.53. The van der Waals surface area contributed by atoms with Crippen molar-refractivity contribution in [1.29, 1.82) is 0 Å². The molecule has 1 aromatic carbocycles. The molecule has 3 heterocycles. The van der Waals surface area contributed by atoms with Gasteiger partial charge in [0.2, 0.25) is 12.0 Å². The number of fused-ring (bicyclic) bond motifs is 1. The van der Waals surface area contributed by atoms with Crippen LogP contribution in [0.15, 0.2) is 46.2 Å². The maximum absolute atomic E-state index is 12.7. The molecule has 1 atom stereocenters. The Hall–Kier alpha value is -2.99. The highest BCUT2D eigenvalue weighted by molar-refractivity contribution is 7.99. The number of halogens is 4. The lowest BCUT2D eigenvalue weighted by molar-refractivity contribution is -0.137. The quantitative estimate of drug-likeness (QED) is 0.546. The number of anilines is 1. The smallest absolute Gasteiger partial charge is 0.417 e. The molecular formula is C18H12ClF3N4O4S. The van der Waals surface area contributed by atoms with E-state index in [1.54, 1.807) is 18.2 Å². The Balaban J connectivity index is 1.32. The van der Waals surface area contributed by atoms with E-state index in [-0.39, 0.29) is 34.3 Å². The van der Waals surface area contributed by atoms with Crippen LogP contribution in [-0.2, 0) is 11.0 Å². The van der Waals surface area contributed by atoms with Crippen LogP contribution < -0.4 is 14.8 Å². The Morgan fingerprint density at radius 3 is 2.77 bits per heavy atom. The lowest BCUT2D eigenvalue weighted by Crippen LogP contribution is -2.21. The third kappa shape index (κ3) is 5.02. The summed E-state index contributed by atoms with van der Waals surface area (Å²) < 4.78 is 54.8. The molecule has 162 valence electrons. The second kappa shape index (κ2) is 8.63. The zero-order valence-corrected chi connectivity index (χ0v) is 16.9. The zero-order valence-electron chi connectivity index (χ0n) is 15.4. The van der Waals surface area contributed by atoms with E-state index in [1.165, 1.54) is 0 Å².